The monoisotopic (exact) mass is 435 g/mol. The summed E-state index contributed by atoms with van der Waals surface area (Å²) >= 11 is 0. The summed E-state index contributed by atoms with van der Waals surface area (Å²) in [5.74, 6) is 0.382. The third-order valence-electron chi connectivity index (χ3n) is 6.02. The van der Waals surface area contributed by atoms with Crippen molar-refractivity contribution in [1.82, 2.24) is 9.55 Å². The second kappa shape index (κ2) is 8.17. The van der Waals surface area contributed by atoms with Crippen LogP contribution in [0.4, 0.5) is 5.69 Å². The van der Waals surface area contributed by atoms with Gasteiger partial charge in [0.15, 0.2) is 0 Å². The molecule has 3 aromatic carbocycles. The van der Waals surface area contributed by atoms with Crippen LogP contribution in [0.5, 0.6) is 0 Å². The van der Waals surface area contributed by atoms with E-state index in [0.717, 1.165) is 34.5 Å². The number of carbonyl (C=O) groups excluding carboxylic acids is 1. The van der Waals surface area contributed by atoms with Gasteiger partial charge in [0.25, 0.3) is 11.5 Å². The van der Waals surface area contributed by atoms with Gasteiger partial charge in [-0.15, -0.1) is 0 Å². The number of anilines is 1. The summed E-state index contributed by atoms with van der Waals surface area (Å²) in [4.78, 5) is 33.6. The Kier molecular flexibility index (Phi) is 5.17. The van der Waals surface area contributed by atoms with Gasteiger partial charge in [-0.25, -0.2) is 4.98 Å². The predicted molar refractivity (Wildman–Crippen MR) is 134 cm³/mol. The van der Waals surface area contributed by atoms with E-state index in [0.29, 0.717) is 28.8 Å². The van der Waals surface area contributed by atoms with Gasteiger partial charge < -0.3 is 4.90 Å². The Morgan fingerprint density at radius 1 is 0.909 bits per heavy atom. The molecule has 0 unspecified atom stereocenters. The Labute approximate surface area is 192 Å². The number of fused-ring (bicyclic) bond motifs is 2. The molecule has 33 heavy (non-hydrogen) atoms. The first-order valence-corrected chi connectivity index (χ1v) is 11.2. The van der Waals surface area contributed by atoms with Crippen molar-refractivity contribution in [2.45, 2.75) is 27.2 Å². The zero-order valence-corrected chi connectivity index (χ0v) is 19.0. The van der Waals surface area contributed by atoms with E-state index < -0.39 is 0 Å². The highest BCUT2D eigenvalue weighted by Gasteiger charge is 2.32. The van der Waals surface area contributed by atoms with Gasteiger partial charge >= 0.3 is 0 Å². The number of carbonyl (C=O) groups is 1. The van der Waals surface area contributed by atoms with Gasteiger partial charge in [-0.05, 0) is 62.7 Å². The maximum atomic E-state index is 13.6. The molecule has 0 aliphatic carbocycles. The molecule has 0 radical (unpaired) electrons. The van der Waals surface area contributed by atoms with Gasteiger partial charge in [-0.3, -0.25) is 14.2 Å². The van der Waals surface area contributed by atoms with Crippen LogP contribution in [0.2, 0.25) is 0 Å². The summed E-state index contributed by atoms with van der Waals surface area (Å²) in [6, 6.07) is 21.1. The van der Waals surface area contributed by atoms with Crippen molar-refractivity contribution in [3.8, 4) is 5.69 Å². The van der Waals surface area contributed by atoms with Crippen LogP contribution in [-0.2, 0) is 4.79 Å². The highest BCUT2D eigenvalue weighted by atomic mass is 16.2. The van der Waals surface area contributed by atoms with E-state index in [4.69, 9.17) is 4.98 Å². The molecular formula is C28H25N3O2. The number of aromatic nitrogens is 2. The van der Waals surface area contributed by atoms with Gasteiger partial charge in [-0.2, -0.15) is 0 Å². The van der Waals surface area contributed by atoms with E-state index in [1.165, 1.54) is 0 Å². The molecule has 0 bridgehead atoms. The molecule has 0 N–H and O–H groups in total. The SMILES string of the molecule is CCCN1C(=O)C(=Cc2nc3ccccc3c(=O)n2-c2ccc(C)cc2)c2cc(C)ccc21. The molecule has 5 heteroatoms. The van der Waals surface area contributed by atoms with Gasteiger partial charge in [0, 0.05) is 12.1 Å². The number of hydrogen-bond acceptors (Lipinski definition) is 3. The van der Waals surface area contributed by atoms with Crippen LogP contribution >= 0.6 is 0 Å². The number of benzene rings is 3. The van der Waals surface area contributed by atoms with Crippen LogP contribution in [0.3, 0.4) is 0 Å². The van der Waals surface area contributed by atoms with Crippen molar-refractivity contribution in [2.75, 3.05) is 11.4 Å². The lowest BCUT2D eigenvalue weighted by Crippen LogP contribution is -2.27. The number of nitrogens with zero attached hydrogens (tertiary/aromatic N) is 3. The second-order valence-corrected chi connectivity index (χ2v) is 8.50. The Morgan fingerprint density at radius 3 is 2.39 bits per heavy atom. The summed E-state index contributed by atoms with van der Waals surface area (Å²) in [7, 11) is 0. The molecule has 1 aliphatic heterocycles. The average molecular weight is 436 g/mol. The van der Waals surface area contributed by atoms with Crippen molar-refractivity contribution < 1.29 is 4.79 Å². The first-order chi connectivity index (χ1) is 16.0. The Bertz CT molecular complexity index is 1480. The first-order valence-electron chi connectivity index (χ1n) is 11.2. The largest absolute Gasteiger partial charge is 0.308 e. The van der Waals surface area contributed by atoms with E-state index >= 15 is 0 Å². The zero-order valence-electron chi connectivity index (χ0n) is 19.0. The number of hydrogen-bond donors (Lipinski definition) is 0. The smallest absolute Gasteiger partial charge is 0.266 e. The maximum Gasteiger partial charge on any atom is 0.266 e. The van der Waals surface area contributed by atoms with Crippen LogP contribution < -0.4 is 10.5 Å². The highest BCUT2D eigenvalue weighted by Crippen LogP contribution is 2.38. The lowest BCUT2D eigenvalue weighted by Gasteiger charge is -2.15. The van der Waals surface area contributed by atoms with E-state index in [1.807, 2.05) is 79.4 Å². The number of aryl methyl sites for hydroxylation is 2. The fourth-order valence-electron chi connectivity index (χ4n) is 4.38. The van der Waals surface area contributed by atoms with Crippen LogP contribution in [0.1, 0.15) is 35.9 Å². The minimum Gasteiger partial charge on any atom is -0.308 e. The summed E-state index contributed by atoms with van der Waals surface area (Å²) in [6.07, 6.45) is 2.62. The number of para-hydroxylation sites is 1. The van der Waals surface area contributed by atoms with E-state index in [2.05, 4.69) is 6.92 Å². The summed E-state index contributed by atoms with van der Waals surface area (Å²) in [5.41, 5.74) is 5.70. The standard InChI is InChI=1S/C28H25N3O2/c1-4-15-30-25-14-11-19(3)16-22(25)23(27(30)32)17-26-29-24-8-6-5-7-21(24)28(33)31(26)20-12-9-18(2)10-13-20/h5-14,16-17H,4,15H2,1-3H3. The van der Waals surface area contributed by atoms with Gasteiger partial charge in [0.05, 0.1) is 27.9 Å². The first kappa shape index (κ1) is 20.9. The summed E-state index contributed by atoms with van der Waals surface area (Å²) < 4.78 is 1.60. The van der Waals surface area contributed by atoms with Crippen molar-refractivity contribution in [3.05, 3.63) is 99.6 Å². The maximum absolute atomic E-state index is 13.6. The molecule has 4 aromatic rings. The van der Waals surface area contributed by atoms with Gasteiger partial charge in [0.1, 0.15) is 5.82 Å². The fraction of sp³-hybridized carbons (Fsp3) is 0.179. The molecule has 0 saturated carbocycles. The molecule has 5 nitrogen and oxygen atoms in total. The Morgan fingerprint density at radius 2 is 1.64 bits per heavy atom. The molecule has 0 atom stereocenters. The third kappa shape index (κ3) is 3.55. The van der Waals surface area contributed by atoms with E-state index in [-0.39, 0.29) is 11.5 Å². The van der Waals surface area contributed by atoms with Crippen molar-refractivity contribution in [3.63, 3.8) is 0 Å². The Hall–Kier alpha value is -3.99. The van der Waals surface area contributed by atoms with Crippen LogP contribution in [-0.4, -0.2) is 22.0 Å². The van der Waals surface area contributed by atoms with E-state index in [9.17, 15) is 9.59 Å². The predicted octanol–water partition coefficient (Wildman–Crippen LogP) is 5.30. The molecule has 0 saturated heterocycles. The topological polar surface area (TPSA) is 55.2 Å². The third-order valence-corrected chi connectivity index (χ3v) is 6.02. The average Bonchev–Trinajstić information content (AvgIpc) is 3.06. The summed E-state index contributed by atoms with van der Waals surface area (Å²) in [5, 5.41) is 0.543. The van der Waals surface area contributed by atoms with Crippen molar-refractivity contribution >= 4 is 34.1 Å². The van der Waals surface area contributed by atoms with Gasteiger partial charge in [-0.1, -0.05) is 48.4 Å². The van der Waals surface area contributed by atoms with Crippen LogP contribution in [0, 0.1) is 13.8 Å². The quantitative estimate of drug-likeness (QED) is 0.409. The minimum atomic E-state index is -0.156. The molecule has 5 rings (SSSR count). The van der Waals surface area contributed by atoms with Crippen LogP contribution in [0.25, 0.3) is 28.2 Å². The fourth-order valence-corrected chi connectivity index (χ4v) is 4.38. The van der Waals surface area contributed by atoms with Crippen LogP contribution in [0.15, 0.2) is 71.5 Å². The number of rotatable bonds is 4. The molecule has 2 heterocycles. The minimum absolute atomic E-state index is 0.0599. The molecule has 1 aromatic heterocycles. The molecule has 1 aliphatic rings. The van der Waals surface area contributed by atoms with Crippen molar-refractivity contribution in [2.24, 2.45) is 0 Å². The number of amides is 1. The van der Waals surface area contributed by atoms with E-state index in [1.54, 1.807) is 16.7 Å². The zero-order chi connectivity index (χ0) is 23.1. The van der Waals surface area contributed by atoms with Gasteiger partial charge in [0.2, 0.25) is 0 Å². The Balaban J connectivity index is 1.79. The summed E-state index contributed by atoms with van der Waals surface area (Å²) in [6.45, 7) is 6.72. The lowest BCUT2D eigenvalue weighted by atomic mass is 10.0. The normalized spacial score (nSPS) is 14.3. The van der Waals surface area contributed by atoms with Crippen molar-refractivity contribution in [1.29, 1.82) is 0 Å². The second-order valence-electron chi connectivity index (χ2n) is 8.50. The lowest BCUT2D eigenvalue weighted by molar-refractivity contribution is -0.113. The molecule has 1 amide bonds. The molecule has 164 valence electrons. The highest BCUT2D eigenvalue weighted by molar-refractivity contribution is 6.35. The molecule has 0 spiro atoms. The molecular weight excluding hydrogens is 410 g/mol. The molecule has 0 fully saturated rings.